The molecule has 3 atom stereocenters. The zero-order valence-electron chi connectivity index (χ0n) is 7.99. The quantitative estimate of drug-likeness (QED) is 0.606. The first kappa shape index (κ1) is 10.5. The van der Waals surface area contributed by atoms with Gasteiger partial charge in [0.05, 0.1) is 19.3 Å². The topological polar surface area (TPSA) is 66.8 Å². The Morgan fingerprint density at radius 3 is 2.85 bits per heavy atom. The molecule has 0 amide bonds. The van der Waals surface area contributed by atoms with Crippen LogP contribution in [0.5, 0.6) is 0 Å². The van der Waals surface area contributed by atoms with Gasteiger partial charge in [-0.1, -0.05) is 6.92 Å². The molecule has 76 valence electrons. The minimum Gasteiger partial charge on any atom is -0.465 e. The van der Waals surface area contributed by atoms with E-state index < -0.39 is 6.10 Å². The van der Waals surface area contributed by atoms with Crippen LogP contribution >= 0.6 is 0 Å². The van der Waals surface area contributed by atoms with E-state index in [1.807, 2.05) is 6.92 Å². The molecule has 0 heterocycles. The van der Waals surface area contributed by atoms with Crippen molar-refractivity contribution in [3.63, 3.8) is 0 Å². The third-order valence-electron chi connectivity index (χ3n) is 2.68. The summed E-state index contributed by atoms with van der Waals surface area (Å²) in [7, 11) is 0. The zero-order valence-corrected chi connectivity index (χ0v) is 7.99. The normalized spacial score (nSPS) is 34.0. The van der Waals surface area contributed by atoms with Gasteiger partial charge in [-0.05, 0) is 12.3 Å². The molecule has 0 saturated heterocycles. The summed E-state index contributed by atoms with van der Waals surface area (Å²) in [6.07, 6.45) is 0.128. The Kier molecular flexibility index (Phi) is 2.93. The summed E-state index contributed by atoms with van der Waals surface area (Å²) in [5.41, 5.74) is -0.131. The molecule has 1 aliphatic rings. The van der Waals surface area contributed by atoms with E-state index in [4.69, 9.17) is 9.84 Å². The van der Waals surface area contributed by atoms with Crippen LogP contribution in [0.4, 0.5) is 0 Å². The van der Waals surface area contributed by atoms with E-state index in [9.17, 15) is 9.90 Å². The minimum atomic E-state index is -0.680. The van der Waals surface area contributed by atoms with Gasteiger partial charge in [0.25, 0.3) is 0 Å². The molecule has 0 aromatic carbocycles. The van der Waals surface area contributed by atoms with E-state index in [0.717, 1.165) is 6.42 Å². The van der Waals surface area contributed by atoms with E-state index in [2.05, 4.69) is 0 Å². The van der Waals surface area contributed by atoms with Gasteiger partial charge < -0.3 is 14.9 Å². The predicted octanol–water partition coefficient (Wildman–Crippen LogP) is -0.0711. The molecule has 0 radical (unpaired) electrons. The SMILES string of the molecule is CC(=O)OC[C@]1(C)C[C@H]1[C@H](O)CO. The van der Waals surface area contributed by atoms with E-state index >= 15 is 0 Å². The lowest BCUT2D eigenvalue weighted by atomic mass is 10.1. The standard InChI is InChI=1S/C9H16O4/c1-6(11)13-5-9(2)3-7(9)8(12)4-10/h7-8,10,12H,3-5H2,1-2H3/t7-,8+,9-/m0/s1. The summed E-state index contributed by atoms with van der Waals surface area (Å²) in [5.74, 6) is -0.234. The molecule has 1 aliphatic carbocycles. The van der Waals surface area contributed by atoms with E-state index in [1.54, 1.807) is 0 Å². The smallest absolute Gasteiger partial charge is 0.302 e. The van der Waals surface area contributed by atoms with Crippen molar-refractivity contribution in [1.29, 1.82) is 0 Å². The van der Waals surface area contributed by atoms with Crippen LogP contribution in [0.3, 0.4) is 0 Å². The molecule has 0 unspecified atom stereocenters. The number of hydrogen-bond donors (Lipinski definition) is 2. The van der Waals surface area contributed by atoms with Gasteiger partial charge in [0, 0.05) is 12.3 Å². The fraction of sp³-hybridized carbons (Fsp3) is 0.889. The first-order valence-corrected chi connectivity index (χ1v) is 4.42. The Morgan fingerprint density at radius 2 is 2.38 bits per heavy atom. The summed E-state index contributed by atoms with van der Waals surface area (Å²) in [6, 6.07) is 0. The number of carbonyl (C=O) groups excluding carboxylic acids is 1. The number of rotatable bonds is 4. The Labute approximate surface area is 77.5 Å². The molecule has 4 nitrogen and oxygen atoms in total. The summed E-state index contributed by atoms with van der Waals surface area (Å²) >= 11 is 0. The highest BCUT2D eigenvalue weighted by Gasteiger charge is 2.54. The second-order valence-corrected chi connectivity index (χ2v) is 3.99. The second kappa shape index (κ2) is 3.64. The molecule has 0 spiro atoms. The molecule has 0 aromatic rings. The Bertz CT molecular complexity index is 204. The molecule has 1 fully saturated rings. The van der Waals surface area contributed by atoms with Crippen LogP contribution in [0.25, 0.3) is 0 Å². The van der Waals surface area contributed by atoms with E-state index in [-0.39, 0.29) is 23.9 Å². The number of aliphatic hydroxyl groups excluding tert-OH is 2. The van der Waals surface area contributed by atoms with E-state index in [1.165, 1.54) is 6.92 Å². The minimum absolute atomic E-state index is 0.0665. The number of esters is 1. The maximum absolute atomic E-state index is 10.5. The fourth-order valence-electron chi connectivity index (χ4n) is 1.60. The summed E-state index contributed by atoms with van der Waals surface area (Å²) < 4.78 is 4.86. The Balaban J connectivity index is 2.32. The van der Waals surface area contributed by atoms with Crippen LogP contribution in [-0.4, -0.2) is 35.5 Å². The average molecular weight is 188 g/mol. The first-order valence-electron chi connectivity index (χ1n) is 4.42. The fourth-order valence-corrected chi connectivity index (χ4v) is 1.60. The summed E-state index contributed by atoms with van der Waals surface area (Å²) in [6.45, 7) is 3.42. The summed E-state index contributed by atoms with van der Waals surface area (Å²) in [4.78, 5) is 10.5. The van der Waals surface area contributed by atoms with Crippen molar-refractivity contribution in [3.8, 4) is 0 Å². The van der Waals surface area contributed by atoms with Gasteiger partial charge in [-0.25, -0.2) is 0 Å². The van der Waals surface area contributed by atoms with Gasteiger partial charge in [0.2, 0.25) is 0 Å². The van der Waals surface area contributed by atoms with Crippen molar-refractivity contribution in [1.82, 2.24) is 0 Å². The molecule has 1 saturated carbocycles. The van der Waals surface area contributed by atoms with Crippen molar-refractivity contribution in [3.05, 3.63) is 0 Å². The van der Waals surface area contributed by atoms with Crippen LogP contribution in [0, 0.1) is 11.3 Å². The third kappa shape index (κ3) is 2.42. The van der Waals surface area contributed by atoms with Crippen molar-refractivity contribution in [2.24, 2.45) is 11.3 Å². The van der Waals surface area contributed by atoms with Crippen molar-refractivity contribution in [2.75, 3.05) is 13.2 Å². The largest absolute Gasteiger partial charge is 0.465 e. The van der Waals surface area contributed by atoms with Crippen LogP contribution in [0.15, 0.2) is 0 Å². The first-order chi connectivity index (χ1) is 5.99. The van der Waals surface area contributed by atoms with Crippen LogP contribution in [-0.2, 0) is 9.53 Å². The zero-order chi connectivity index (χ0) is 10.1. The second-order valence-electron chi connectivity index (χ2n) is 3.99. The number of ether oxygens (including phenoxy) is 1. The van der Waals surface area contributed by atoms with Crippen LogP contribution in [0.1, 0.15) is 20.3 Å². The van der Waals surface area contributed by atoms with Crippen molar-refractivity contribution < 1.29 is 19.7 Å². The highest BCUT2D eigenvalue weighted by molar-refractivity contribution is 5.65. The lowest BCUT2D eigenvalue weighted by Gasteiger charge is -2.13. The number of aliphatic hydroxyl groups is 2. The van der Waals surface area contributed by atoms with Crippen molar-refractivity contribution >= 4 is 5.97 Å². The maximum Gasteiger partial charge on any atom is 0.302 e. The van der Waals surface area contributed by atoms with Gasteiger partial charge in [0.1, 0.15) is 0 Å². The molecule has 0 aromatic heterocycles. The Morgan fingerprint density at radius 1 is 1.77 bits per heavy atom. The highest BCUT2D eigenvalue weighted by atomic mass is 16.5. The van der Waals surface area contributed by atoms with Crippen molar-refractivity contribution in [2.45, 2.75) is 26.4 Å². The van der Waals surface area contributed by atoms with Gasteiger partial charge in [-0.15, -0.1) is 0 Å². The van der Waals surface area contributed by atoms with Gasteiger partial charge in [-0.3, -0.25) is 4.79 Å². The predicted molar refractivity (Wildman–Crippen MR) is 45.9 cm³/mol. The lowest BCUT2D eigenvalue weighted by Crippen LogP contribution is -2.21. The number of hydrogen-bond acceptors (Lipinski definition) is 4. The highest BCUT2D eigenvalue weighted by Crippen LogP contribution is 2.54. The lowest BCUT2D eigenvalue weighted by molar-refractivity contribution is -0.143. The molecule has 0 aliphatic heterocycles. The monoisotopic (exact) mass is 188 g/mol. The molecule has 13 heavy (non-hydrogen) atoms. The molecule has 2 N–H and O–H groups in total. The van der Waals surface area contributed by atoms with Gasteiger partial charge in [0.15, 0.2) is 0 Å². The summed E-state index contributed by atoms with van der Waals surface area (Å²) in [5, 5.41) is 18.0. The molecule has 4 heteroatoms. The third-order valence-corrected chi connectivity index (χ3v) is 2.68. The molecule has 1 rings (SSSR count). The van der Waals surface area contributed by atoms with Crippen LogP contribution < -0.4 is 0 Å². The molecular formula is C9H16O4. The number of carbonyl (C=O) groups is 1. The Hall–Kier alpha value is -0.610. The maximum atomic E-state index is 10.5. The molecule has 0 bridgehead atoms. The molecular weight excluding hydrogens is 172 g/mol. The van der Waals surface area contributed by atoms with Crippen LogP contribution in [0.2, 0.25) is 0 Å². The van der Waals surface area contributed by atoms with Gasteiger partial charge >= 0.3 is 5.97 Å². The average Bonchev–Trinajstić information content (AvgIpc) is 2.74. The van der Waals surface area contributed by atoms with E-state index in [0.29, 0.717) is 6.61 Å². The van der Waals surface area contributed by atoms with Gasteiger partial charge in [-0.2, -0.15) is 0 Å².